The number of hydrogen-bond acceptors (Lipinski definition) is 4. The van der Waals surface area contributed by atoms with Crippen LogP contribution in [0.1, 0.15) is 58.1 Å². The topological polar surface area (TPSA) is 72.3 Å². The number of aryl methyl sites for hydroxylation is 1. The number of carbonyl (C=O) groups is 1. The minimum atomic E-state index is -0.229. The van der Waals surface area contributed by atoms with Crippen LogP contribution in [0.5, 0.6) is 0 Å². The monoisotopic (exact) mass is 335 g/mol. The molecule has 2 atom stereocenters. The lowest BCUT2D eigenvalue weighted by Gasteiger charge is -2.40. The summed E-state index contributed by atoms with van der Waals surface area (Å²) >= 11 is 0. The van der Waals surface area contributed by atoms with Crippen molar-refractivity contribution >= 4 is 6.03 Å². The maximum Gasteiger partial charge on any atom is 0.317 e. The first-order chi connectivity index (χ1) is 11.4. The predicted octanol–water partition coefficient (Wildman–Crippen LogP) is 1.93. The molecule has 7 heteroatoms. The second-order valence-corrected chi connectivity index (χ2v) is 7.48. The quantitative estimate of drug-likeness (QED) is 0.916. The molecule has 134 valence electrons. The number of rotatable bonds is 3. The standard InChI is InChI=1S/C17H29N5O2/c1-5-17(4)11-21(8-9-24-17)16(23)18-13-6-7-14-19-15(12(2)3)20-22(14)10-13/h12-13H,5-11H2,1-4H3,(H,18,23)/t13-,17+/m0/s1. The van der Waals surface area contributed by atoms with Crippen LogP contribution >= 0.6 is 0 Å². The van der Waals surface area contributed by atoms with Crippen LogP contribution < -0.4 is 5.32 Å². The maximum atomic E-state index is 12.6. The van der Waals surface area contributed by atoms with E-state index in [2.05, 4.69) is 43.1 Å². The van der Waals surface area contributed by atoms with Crippen molar-refractivity contribution in [2.75, 3.05) is 19.7 Å². The van der Waals surface area contributed by atoms with Crippen LogP contribution in [0.25, 0.3) is 0 Å². The van der Waals surface area contributed by atoms with Crippen LogP contribution in [-0.4, -0.2) is 57.0 Å². The molecule has 2 amide bonds. The molecule has 3 heterocycles. The van der Waals surface area contributed by atoms with Gasteiger partial charge in [0.1, 0.15) is 5.82 Å². The van der Waals surface area contributed by atoms with Gasteiger partial charge < -0.3 is 15.0 Å². The zero-order valence-corrected chi connectivity index (χ0v) is 15.2. The van der Waals surface area contributed by atoms with E-state index in [0.29, 0.717) is 32.2 Å². The molecule has 0 spiro atoms. The van der Waals surface area contributed by atoms with Gasteiger partial charge in [-0.15, -0.1) is 0 Å². The third-order valence-corrected chi connectivity index (χ3v) is 5.09. The van der Waals surface area contributed by atoms with E-state index in [1.807, 2.05) is 9.58 Å². The van der Waals surface area contributed by atoms with Crippen LogP contribution in [0.3, 0.4) is 0 Å². The van der Waals surface area contributed by atoms with Gasteiger partial charge in [0, 0.05) is 18.9 Å². The van der Waals surface area contributed by atoms with Crippen molar-refractivity contribution in [2.24, 2.45) is 0 Å². The predicted molar refractivity (Wildman–Crippen MR) is 91.0 cm³/mol. The molecule has 1 fully saturated rings. The largest absolute Gasteiger partial charge is 0.372 e. The molecule has 7 nitrogen and oxygen atoms in total. The molecule has 1 aromatic heterocycles. The molecule has 24 heavy (non-hydrogen) atoms. The molecule has 0 bridgehead atoms. The fourth-order valence-corrected chi connectivity index (χ4v) is 3.27. The minimum absolute atomic E-state index is 0.00984. The highest BCUT2D eigenvalue weighted by molar-refractivity contribution is 5.74. The molecule has 1 aromatic rings. The summed E-state index contributed by atoms with van der Waals surface area (Å²) in [5.41, 5.74) is -0.229. The summed E-state index contributed by atoms with van der Waals surface area (Å²) in [7, 11) is 0. The molecule has 0 aliphatic carbocycles. The lowest BCUT2D eigenvalue weighted by molar-refractivity contribution is -0.0875. The SMILES string of the molecule is CC[C@]1(C)CN(C(=O)N[C@H]2CCc3nc(C(C)C)nn3C2)CCO1. The fourth-order valence-electron chi connectivity index (χ4n) is 3.27. The Kier molecular flexibility index (Phi) is 4.80. The van der Waals surface area contributed by atoms with Crippen molar-refractivity contribution in [3.63, 3.8) is 0 Å². The van der Waals surface area contributed by atoms with E-state index in [0.717, 1.165) is 30.9 Å². The number of amides is 2. The second-order valence-electron chi connectivity index (χ2n) is 7.48. The van der Waals surface area contributed by atoms with E-state index in [9.17, 15) is 4.79 Å². The molecule has 0 unspecified atom stereocenters. The van der Waals surface area contributed by atoms with Crippen LogP contribution in [0.2, 0.25) is 0 Å². The van der Waals surface area contributed by atoms with E-state index in [4.69, 9.17) is 4.74 Å². The average Bonchev–Trinajstić information content (AvgIpc) is 2.98. The number of fused-ring (bicyclic) bond motifs is 1. The van der Waals surface area contributed by atoms with Crippen molar-refractivity contribution < 1.29 is 9.53 Å². The molecule has 2 aliphatic heterocycles. The molecular formula is C17H29N5O2. The van der Waals surface area contributed by atoms with Gasteiger partial charge in [-0.3, -0.25) is 0 Å². The van der Waals surface area contributed by atoms with Gasteiger partial charge in [0.05, 0.1) is 31.3 Å². The molecule has 0 radical (unpaired) electrons. The first-order valence-electron chi connectivity index (χ1n) is 9.03. The average molecular weight is 335 g/mol. The highest BCUT2D eigenvalue weighted by Crippen LogP contribution is 2.22. The second kappa shape index (κ2) is 6.70. The number of nitrogens with zero attached hydrogens (tertiary/aromatic N) is 4. The van der Waals surface area contributed by atoms with Gasteiger partial charge in [-0.1, -0.05) is 20.8 Å². The first-order valence-corrected chi connectivity index (χ1v) is 9.03. The van der Waals surface area contributed by atoms with Crippen LogP contribution in [-0.2, 0) is 17.7 Å². The summed E-state index contributed by atoms with van der Waals surface area (Å²) < 4.78 is 7.77. The Bertz CT molecular complexity index is 600. The van der Waals surface area contributed by atoms with Gasteiger partial charge >= 0.3 is 6.03 Å². The lowest BCUT2D eigenvalue weighted by atomic mass is 10.0. The molecule has 1 N–H and O–H groups in total. The van der Waals surface area contributed by atoms with Crippen molar-refractivity contribution in [3.05, 3.63) is 11.6 Å². The first kappa shape index (κ1) is 17.2. The summed E-state index contributed by atoms with van der Waals surface area (Å²) in [5, 5.41) is 7.75. The Morgan fingerprint density at radius 1 is 1.50 bits per heavy atom. The van der Waals surface area contributed by atoms with Crippen molar-refractivity contribution in [1.29, 1.82) is 0 Å². The molecule has 0 aromatic carbocycles. The number of morpholine rings is 1. The van der Waals surface area contributed by atoms with Gasteiger partial charge in [0.15, 0.2) is 5.82 Å². The molecule has 3 rings (SSSR count). The minimum Gasteiger partial charge on any atom is -0.372 e. The van der Waals surface area contributed by atoms with E-state index in [1.165, 1.54) is 0 Å². The lowest BCUT2D eigenvalue weighted by Crippen LogP contribution is -2.56. The Morgan fingerprint density at radius 3 is 3.00 bits per heavy atom. The summed E-state index contributed by atoms with van der Waals surface area (Å²) in [4.78, 5) is 19.1. The van der Waals surface area contributed by atoms with Crippen molar-refractivity contribution in [1.82, 2.24) is 25.0 Å². The Labute approximate surface area is 143 Å². The summed E-state index contributed by atoms with van der Waals surface area (Å²) in [6.07, 6.45) is 2.68. The zero-order chi connectivity index (χ0) is 17.3. The third-order valence-electron chi connectivity index (χ3n) is 5.09. The smallest absolute Gasteiger partial charge is 0.317 e. The highest BCUT2D eigenvalue weighted by Gasteiger charge is 2.33. The van der Waals surface area contributed by atoms with Gasteiger partial charge in [0.2, 0.25) is 0 Å². The molecule has 1 saturated heterocycles. The maximum absolute atomic E-state index is 12.6. The summed E-state index contributed by atoms with van der Waals surface area (Å²) in [5.74, 6) is 2.26. The highest BCUT2D eigenvalue weighted by atomic mass is 16.5. The van der Waals surface area contributed by atoms with Crippen molar-refractivity contribution in [2.45, 2.75) is 71.1 Å². The van der Waals surface area contributed by atoms with Gasteiger partial charge in [0.25, 0.3) is 0 Å². The third kappa shape index (κ3) is 3.55. The van der Waals surface area contributed by atoms with E-state index in [-0.39, 0.29) is 17.7 Å². The molecule has 2 aliphatic rings. The van der Waals surface area contributed by atoms with Gasteiger partial charge in [-0.25, -0.2) is 14.5 Å². The fraction of sp³-hybridized carbons (Fsp3) is 0.824. The van der Waals surface area contributed by atoms with Gasteiger partial charge in [-0.05, 0) is 19.8 Å². The van der Waals surface area contributed by atoms with E-state index < -0.39 is 0 Å². The number of carbonyl (C=O) groups excluding carboxylic acids is 1. The Morgan fingerprint density at radius 2 is 2.29 bits per heavy atom. The zero-order valence-electron chi connectivity index (χ0n) is 15.2. The van der Waals surface area contributed by atoms with Crippen molar-refractivity contribution in [3.8, 4) is 0 Å². The number of nitrogens with one attached hydrogen (secondary N) is 1. The van der Waals surface area contributed by atoms with Gasteiger partial charge in [-0.2, -0.15) is 5.10 Å². The number of urea groups is 1. The van der Waals surface area contributed by atoms with Crippen LogP contribution in [0.4, 0.5) is 4.79 Å². The molecule has 0 saturated carbocycles. The van der Waals surface area contributed by atoms with Crippen LogP contribution in [0.15, 0.2) is 0 Å². The van der Waals surface area contributed by atoms with E-state index in [1.54, 1.807) is 0 Å². The normalized spacial score (nSPS) is 27.2. The summed E-state index contributed by atoms with van der Waals surface area (Å²) in [6, 6.07) is 0.123. The van der Waals surface area contributed by atoms with Crippen LogP contribution in [0, 0.1) is 0 Å². The number of aromatic nitrogens is 3. The summed E-state index contributed by atoms with van der Waals surface area (Å²) in [6.45, 7) is 11.0. The Balaban J connectivity index is 1.59. The van der Waals surface area contributed by atoms with E-state index >= 15 is 0 Å². The Hall–Kier alpha value is -1.63. The number of hydrogen-bond donors (Lipinski definition) is 1. The number of ether oxygens (including phenoxy) is 1. The molecular weight excluding hydrogens is 306 g/mol.